The van der Waals surface area contributed by atoms with Gasteiger partial charge in [-0.3, -0.25) is 9.59 Å². The normalized spacial score (nSPS) is 25.1. The molecule has 0 unspecified atom stereocenters. The van der Waals surface area contributed by atoms with E-state index in [2.05, 4.69) is 10.5 Å². The first kappa shape index (κ1) is 14.1. The highest BCUT2D eigenvalue weighted by Crippen LogP contribution is 2.40. The number of hydrogen-bond acceptors (Lipinski definition) is 5. The van der Waals surface area contributed by atoms with Crippen LogP contribution in [-0.4, -0.2) is 52.7 Å². The van der Waals surface area contributed by atoms with E-state index in [1.807, 2.05) is 6.92 Å². The molecule has 2 atom stereocenters. The molecule has 0 radical (unpaired) electrons. The van der Waals surface area contributed by atoms with E-state index in [4.69, 9.17) is 9.63 Å². The SMILES string of the molecule is C[C@@H]1CN(C(=O)CO)C[C@H]1NC(=O)c1cc(C2CC2)on1. The number of amides is 2. The maximum absolute atomic E-state index is 12.2. The van der Waals surface area contributed by atoms with E-state index in [1.165, 1.54) is 0 Å². The molecule has 1 aliphatic carbocycles. The number of carbonyl (C=O) groups is 2. The predicted octanol–water partition coefficient (Wildman–Crippen LogP) is 0.121. The van der Waals surface area contributed by atoms with Crippen LogP contribution >= 0.6 is 0 Å². The van der Waals surface area contributed by atoms with Crippen LogP contribution in [-0.2, 0) is 4.79 Å². The summed E-state index contributed by atoms with van der Waals surface area (Å²) < 4.78 is 5.17. The number of nitrogens with one attached hydrogen (secondary N) is 1. The maximum atomic E-state index is 12.2. The first-order valence-corrected chi connectivity index (χ1v) is 7.24. The number of carbonyl (C=O) groups excluding carboxylic acids is 2. The molecule has 3 rings (SSSR count). The Kier molecular flexibility index (Phi) is 3.67. The van der Waals surface area contributed by atoms with Gasteiger partial charge in [-0.2, -0.15) is 0 Å². The third-order valence-corrected chi connectivity index (χ3v) is 4.16. The second-order valence-corrected chi connectivity index (χ2v) is 5.90. The first-order valence-electron chi connectivity index (χ1n) is 7.24. The van der Waals surface area contributed by atoms with Crippen molar-refractivity contribution in [1.82, 2.24) is 15.4 Å². The molecule has 21 heavy (non-hydrogen) atoms. The fourth-order valence-electron chi connectivity index (χ4n) is 2.66. The van der Waals surface area contributed by atoms with Crippen LogP contribution < -0.4 is 5.32 Å². The van der Waals surface area contributed by atoms with Crippen molar-refractivity contribution < 1.29 is 19.2 Å². The summed E-state index contributed by atoms with van der Waals surface area (Å²) in [4.78, 5) is 25.2. The molecule has 2 amide bonds. The summed E-state index contributed by atoms with van der Waals surface area (Å²) in [6, 6.07) is 1.57. The van der Waals surface area contributed by atoms with Crippen molar-refractivity contribution in [3.63, 3.8) is 0 Å². The average molecular weight is 293 g/mol. The van der Waals surface area contributed by atoms with Gasteiger partial charge in [0.25, 0.3) is 5.91 Å². The number of aliphatic hydroxyl groups is 1. The fourth-order valence-corrected chi connectivity index (χ4v) is 2.66. The van der Waals surface area contributed by atoms with Crippen LogP contribution in [0.1, 0.15) is 41.9 Å². The molecule has 114 valence electrons. The highest BCUT2D eigenvalue weighted by Gasteiger charge is 2.34. The predicted molar refractivity (Wildman–Crippen MR) is 72.6 cm³/mol. The Morgan fingerprint density at radius 1 is 1.48 bits per heavy atom. The zero-order chi connectivity index (χ0) is 15.0. The second kappa shape index (κ2) is 5.48. The van der Waals surface area contributed by atoms with Crippen LogP contribution in [0.2, 0.25) is 0 Å². The molecule has 7 heteroatoms. The van der Waals surface area contributed by atoms with Crippen molar-refractivity contribution in [2.24, 2.45) is 5.92 Å². The van der Waals surface area contributed by atoms with Crippen molar-refractivity contribution in [2.75, 3.05) is 19.7 Å². The molecule has 0 spiro atoms. The zero-order valence-corrected chi connectivity index (χ0v) is 11.9. The van der Waals surface area contributed by atoms with Crippen LogP contribution in [0.5, 0.6) is 0 Å². The van der Waals surface area contributed by atoms with Crippen molar-refractivity contribution in [1.29, 1.82) is 0 Å². The fraction of sp³-hybridized carbons (Fsp3) is 0.643. The van der Waals surface area contributed by atoms with E-state index < -0.39 is 6.61 Å². The van der Waals surface area contributed by atoms with Gasteiger partial charge in [0.15, 0.2) is 5.69 Å². The molecule has 2 aliphatic rings. The van der Waals surface area contributed by atoms with Gasteiger partial charge in [0, 0.05) is 25.1 Å². The van der Waals surface area contributed by atoms with E-state index >= 15 is 0 Å². The molecule has 0 aromatic carbocycles. The summed E-state index contributed by atoms with van der Waals surface area (Å²) >= 11 is 0. The lowest BCUT2D eigenvalue weighted by molar-refractivity contribution is -0.133. The third kappa shape index (κ3) is 2.92. The molecule has 7 nitrogen and oxygen atoms in total. The smallest absolute Gasteiger partial charge is 0.273 e. The van der Waals surface area contributed by atoms with Crippen LogP contribution in [0.25, 0.3) is 0 Å². The van der Waals surface area contributed by atoms with Crippen molar-refractivity contribution >= 4 is 11.8 Å². The third-order valence-electron chi connectivity index (χ3n) is 4.16. The Balaban J connectivity index is 1.60. The van der Waals surface area contributed by atoms with E-state index in [-0.39, 0.29) is 29.5 Å². The summed E-state index contributed by atoms with van der Waals surface area (Å²) in [5.74, 6) is 0.745. The summed E-state index contributed by atoms with van der Waals surface area (Å²) in [5, 5.41) is 15.6. The standard InChI is InChI=1S/C14H19N3O4/c1-8-5-17(13(19)7-18)6-11(8)15-14(20)10-4-12(21-16-10)9-2-3-9/h4,8-9,11,18H,2-3,5-7H2,1H3,(H,15,20)/t8-,11-/m1/s1. The van der Waals surface area contributed by atoms with Crippen LogP contribution in [0, 0.1) is 5.92 Å². The lowest BCUT2D eigenvalue weighted by Crippen LogP contribution is -2.41. The summed E-state index contributed by atoms with van der Waals surface area (Å²) in [7, 11) is 0. The molecule has 1 aliphatic heterocycles. The average Bonchev–Trinajstić information content (AvgIpc) is 3.09. The molecule has 2 heterocycles. The number of nitrogens with zero attached hydrogens (tertiary/aromatic N) is 2. The maximum Gasteiger partial charge on any atom is 0.273 e. The number of hydrogen-bond donors (Lipinski definition) is 2. The minimum atomic E-state index is -0.499. The first-order chi connectivity index (χ1) is 10.1. The lowest BCUT2D eigenvalue weighted by atomic mass is 10.1. The Labute approximate surface area is 122 Å². The van der Waals surface area contributed by atoms with Crippen LogP contribution in [0.3, 0.4) is 0 Å². The van der Waals surface area contributed by atoms with Gasteiger partial charge in [-0.05, 0) is 18.8 Å². The zero-order valence-electron chi connectivity index (χ0n) is 11.9. The van der Waals surface area contributed by atoms with Gasteiger partial charge in [0.2, 0.25) is 5.91 Å². The van der Waals surface area contributed by atoms with Gasteiger partial charge in [0.05, 0.1) is 6.04 Å². The summed E-state index contributed by atoms with van der Waals surface area (Å²) in [5.41, 5.74) is 0.288. The van der Waals surface area contributed by atoms with Gasteiger partial charge < -0.3 is 19.8 Å². The number of likely N-dealkylation sites (tertiary alicyclic amines) is 1. The minimum Gasteiger partial charge on any atom is -0.387 e. The van der Waals surface area contributed by atoms with E-state index in [0.29, 0.717) is 19.0 Å². The largest absolute Gasteiger partial charge is 0.387 e. The molecule has 0 bridgehead atoms. The van der Waals surface area contributed by atoms with Crippen LogP contribution in [0.15, 0.2) is 10.6 Å². The Morgan fingerprint density at radius 2 is 2.24 bits per heavy atom. The molecule has 1 saturated carbocycles. The van der Waals surface area contributed by atoms with Gasteiger partial charge in [-0.15, -0.1) is 0 Å². The number of aliphatic hydroxyl groups excluding tert-OH is 1. The highest BCUT2D eigenvalue weighted by molar-refractivity contribution is 5.92. The Bertz CT molecular complexity index is 552. The van der Waals surface area contributed by atoms with Crippen molar-refractivity contribution in [2.45, 2.75) is 31.7 Å². The molecule has 1 aromatic heterocycles. The topological polar surface area (TPSA) is 95.7 Å². The Morgan fingerprint density at radius 3 is 2.90 bits per heavy atom. The molecular formula is C14H19N3O4. The second-order valence-electron chi connectivity index (χ2n) is 5.90. The van der Waals surface area contributed by atoms with Gasteiger partial charge in [0.1, 0.15) is 12.4 Å². The number of aromatic nitrogens is 1. The Hall–Kier alpha value is -1.89. The molecule has 2 N–H and O–H groups in total. The minimum absolute atomic E-state index is 0.130. The quantitative estimate of drug-likeness (QED) is 0.822. The summed E-state index contributed by atoms with van der Waals surface area (Å²) in [6.07, 6.45) is 2.18. The van der Waals surface area contributed by atoms with Gasteiger partial charge in [-0.1, -0.05) is 12.1 Å². The van der Waals surface area contributed by atoms with Crippen molar-refractivity contribution in [3.05, 3.63) is 17.5 Å². The van der Waals surface area contributed by atoms with Gasteiger partial charge in [-0.25, -0.2) is 0 Å². The number of rotatable bonds is 4. The molecule has 1 saturated heterocycles. The van der Waals surface area contributed by atoms with E-state index in [9.17, 15) is 9.59 Å². The molecule has 2 fully saturated rings. The van der Waals surface area contributed by atoms with Gasteiger partial charge >= 0.3 is 0 Å². The van der Waals surface area contributed by atoms with E-state index in [0.717, 1.165) is 18.6 Å². The summed E-state index contributed by atoms with van der Waals surface area (Å²) in [6.45, 7) is 2.42. The lowest BCUT2D eigenvalue weighted by Gasteiger charge is -2.15. The molecule has 1 aromatic rings. The van der Waals surface area contributed by atoms with E-state index in [1.54, 1.807) is 11.0 Å². The highest BCUT2D eigenvalue weighted by atomic mass is 16.5. The molecular weight excluding hydrogens is 274 g/mol. The van der Waals surface area contributed by atoms with Crippen LogP contribution in [0.4, 0.5) is 0 Å². The van der Waals surface area contributed by atoms with Crippen molar-refractivity contribution in [3.8, 4) is 0 Å². The monoisotopic (exact) mass is 293 g/mol.